The molecular weight excluding hydrogens is 372 g/mol. The standard InChI is InChI=1S/C8H18N.Lr/c1-5-7(2)6-8(3,4)9;/h5-6,9H2,1-4H3;/q-1;. The molecule has 0 aliphatic carbocycles. The van der Waals surface area contributed by atoms with E-state index in [-0.39, 0.29) is 5.54 Å². The molecule has 0 spiro atoms. The third kappa shape index (κ3) is 6.96. The van der Waals surface area contributed by atoms with E-state index in [0.29, 0.717) is 0 Å². The third-order valence-electron chi connectivity index (χ3n) is 1.36. The van der Waals surface area contributed by atoms with Crippen LogP contribution in [0.1, 0.15) is 40.5 Å². The Morgan fingerprint density at radius 3 is 1.90 bits per heavy atom. The van der Waals surface area contributed by atoms with Crippen molar-refractivity contribution in [2.24, 2.45) is 5.73 Å². The Morgan fingerprint density at radius 2 is 1.80 bits per heavy atom. The smallest absolute Gasteiger partial charge is 0 e. The van der Waals surface area contributed by atoms with Gasteiger partial charge >= 0.3 is 0 Å². The summed E-state index contributed by atoms with van der Waals surface area (Å²) in [5.74, 6) is 1.49. The number of nitrogens with two attached hydrogens (primary N) is 1. The summed E-state index contributed by atoms with van der Waals surface area (Å²) in [5.41, 5.74) is 5.78. The maximum Gasteiger partial charge on any atom is 0 e. The maximum atomic E-state index is 5.79. The van der Waals surface area contributed by atoms with Gasteiger partial charge in [-0.25, -0.2) is 0 Å². The topological polar surface area (TPSA) is 26.0 Å². The van der Waals surface area contributed by atoms with E-state index in [0.717, 1.165) is 12.8 Å². The molecule has 0 unspecified atom stereocenters. The van der Waals surface area contributed by atoms with Crippen LogP contribution in [0.5, 0.6) is 0 Å². The summed E-state index contributed by atoms with van der Waals surface area (Å²) in [5, 5.41) is 0. The van der Waals surface area contributed by atoms with Crippen LogP contribution in [-0.4, -0.2) is 5.54 Å². The predicted octanol–water partition coefficient (Wildman–Crippen LogP) is 2.12. The predicted molar refractivity (Wildman–Crippen MR) is 42.1 cm³/mol. The van der Waals surface area contributed by atoms with Crippen LogP contribution in [0.3, 0.4) is 0 Å². The quantitative estimate of drug-likeness (QED) is 0.735. The van der Waals surface area contributed by atoms with Crippen LogP contribution in [-0.2, 0) is 0 Å². The van der Waals surface area contributed by atoms with Gasteiger partial charge < -0.3 is 11.7 Å². The normalized spacial score (nSPS) is 11.4. The van der Waals surface area contributed by atoms with Crippen LogP contribution < -0.4 is 5.73 Å². The summed E-state index contributed by atoms with van der Waals surface area (Å²) in [4.78, 5) is 0. The Bertz CT molecular complexity index is 75.8. The van der Waals surface area contributed by atoms with E-state index in [4.69, 9.17) is 5.73 Å². The van der Waals surface area contributed by atoms with E-state index >= 15 is 0 Å². The van der Waals surface area contributed by atoms with Crippen molar-refractivity contribution in [1.29, 1.82) is 0 Å². The fourth-order valence-corrected chi connectivity index (χ4v) is 0.903. The zero-order valence-electron chi connectivity index (χ0n) is 7.25. The van der Waals surface area contributed by atoms with Gasteiger partial charge in [-0.15, -0.1) is 0 Å². The molecule has 0 fully saturated rings. The SMILES string of the molecule is CC[C-](C)CC(C)(C)N.[Lr]. The summed E-state index contributed by atoms with van der Waals surface area (Å²) in [6.07, 6.45) is 2.20. The molecule has 2 N–H and O–H groups in total. The number of hydrogen-bond acceptors (Lipinski definition) is 1. The van der Waals surface area contributed by atoms with Gasteiger partial charge in [0.15, 0.2) is 0 Å². The number of rotatable bonds is 3. The van der Waals surface area contributed by atoms with E-state index < -0.39 is 0 Å². The van der Waals surface area contributed by atoms with Crippen molar-refractivity contribution in [2.45, 2.75) is 46.1 Å². The van der Waals surface area contributed by atoms with E-state index in [9.17, 15) is 0 Å². The van der Waals surface area contributed by atoms with Gasteiger partial charge in [-0.05, 0) is 19.4 Å². The molecule has 0 saturated heterocycles. The second kappa shape index (κ2) is 3.89. The Kier molecular flexibility index (Phi) is 4.56. The first-order chi connectivity index (χ1) is 3.95. The molecule has 0 amide bonds. The Hall–Kier alpha value is -1.04. The van der Waals surface area contributed by atoms with E-state index in [1.54, 1.807) is 0 Å². The molecule has 0 aliphatic heterocycles. The Morgan fingerprint density at radius 1 is 1.40 bits per heavy atom. The van der Waals surface area contributed by atoms with Crippen molar-refractivity contribution < 1.29 is 0 Å². The zero-order chi connectivity index (χ0) is 7.49. The summed E-state index contributed by atoms with van der Waals surface area (Å²) in [6, 6.07) is 0. The van der Waals surface area contributed by atoms with Gasteiger partial charge in [0.25, 0.3) is 0 Å². The second-order valence-corrected chi connectivity index (χ2v) is 3.48. The summed E-state index contributed by atoms with van der Waals surface area (Å²) < 4.78 is 0. The first-order valence-corrected chi connectivity index (χ1v) is 3.56. The van der Waals surface area contributed by atoms with E-state index in [1.807, 2.05) is 0 Å². The molecule has 0 atom stereocenters. The maximum absolute atomic E-state index is 5.79. The average molecular weight is 390 g/mol. The van der Waals surface area contributed by atoms with E-state index in [1.165, 1.54) is 5.92 Å². The van der Waals surface area contributed by atoms with Crippen molar-refractivity contribution >= 4 is 0 Å². The molecule has 0 rings (SSSR count). The molecule has 0 heterocycles. The molecule has 0 bridgehead atoms. The molecular formula is C8H18LrN-. The van der Waals surface area contributed by atoms with Crippen molar-refractivity contribution in [3.05, 3.63) is 5.92 Å². The van der Waals surface area contributed by atoms with Crippen LogP contribution in [0.15, 0.2) is 0 Å². The van der Waals surface area contributed by atoms with Gasteiger partial charge in [-0.1, -0.05) is 6.92 Å². The van der Waals surface area contributed by atoms with Gasteiger partial charge in [0.2, 0.25) is 0 Å². The minimum atomic E-state index is -0.0138. The van der Waals surface area contributed by atoms with Crippen LogP contribution in [0.2, 0.25) is 0 Å². The van der Waals surface area contributed by atoms with Crippen LogP contribution in [0, 0.1) is 5.92 Å². The fraction of sp³-hybridized carbons (Fsp3) is 0.875. The second-order valence-electron chi connectivity index (χ2n) is 3.48. The molecule has 1 nitrogen and oxygen atoms in total. The zero-order valence-corrected chi connectivity index (χ0v) is 9.40. The minimum Gasteiger partial charge on any atom is -0.328 e. The monoisotopic (exact) mass is 390 g/mol. The molecule has 0 aliphatic rings. The molecule has 10 heavy (non-hydrogen) atoms. The van der Waals surface area contributed by atoms with Crippen molar-refractivity contribution in [3.63, 3.8) is 0 Å². The van der Waals surface area contributed by atoms with Crippen molar-refractivity contribution in [3.8, 4) is 0 Å². The molecule has 1 radical (unpaired) electrons. The van der Waals surface area contributed by atoms with Gasteiger partial charge in [-0.3, -0.25) is 0 Å². The summed E-state index contributed by atoms with van der Waals surface area (Å²) in [7, 11) is 0. The largest absolute Gasteiger partial charge is 0.328 e. The summed E-state index contributed by atoms with van der Waals surface area (Å²) >= 11 is 0. The van der Waals surface area contributed by atoms with E-state index in [2.05, 4.69) is 27.7 Å². The Labute approximate surface area is 58.6 Å². The first-order valence-electron chi connectivity index (χ1n) is 3.56. The molecule has 2 heteroatoms. The molecule has 71 valence electrons. The Balaban J connectivity index is 0. The molecule has 0 aromatic rings. The van der Waals surface area contributed by atoms with Crippen molar-refractivity contribution in [2.75, 3.05) is 0 Å². The third-order valence-corrected chi connectivity index (χ3v) is 1.36. The van der Waals surface area contributed by atoms with Crippen molar-refractivity contribution in [1.82, 2.24) is 0 Å². The fourth-order valence-electron chi connectivity index (χ4n) is 0.903. The molecule has 0 aromatic carbocycles. The first kappa shape index (κ1) is 11.7. The van der Waals surface area contributed by atoms with Crippen LogP contribution in [0.25, 0.3) is 0 Å². The van der Waals surface area contributed by atoms with Gasteiger partial charge in [0.1, 0.15) is 0 Å². The summed E-state index contributed by atoms with van der Waals surface area (Å²) in [6.45, 7) is 8.45. The average Bonchev–Trinajstić information content (AvgIpc) is 1.62. The van der Waals surface area contributed by atoms with Gasteiger partial charge in [-0.2, -0.15) is 19.8 Å². The molecule has 0 aromatic heterocycles. The van der Waals surface area contributed by atoms with Gasteiger partial charge in [0, 0.05) is 0 Å². The molecule has 0 saturated carbocycles. The van der Waals surface area contributed by atoms with Crippen LogP contribution >= 0.6 is 0 Å². The number of hydrogen-bond donors (Lipinski definition) is 1. The minimum absolute atomic E-state index is 0. The van der Waals surface area contributed by atoms with Crippen LogP contribution in [0.4, 0.5) is 0 Å². The van der Waals surface area contributed by atoms with Gasteiger partial charge in [0.05, 0.1) is 0 Å².